The van der Waals surface area contributed by atoms with E-state index in [4.69, 9.17) is 42.5 Å². The number of nitrogens with one attached hydrogen (secondary N) is 2. The average Bonchev–Trinajstić information content (AvgIpc) is 2.00. The second-order valence-corrected chi connectivity index (χ2v) is 19.8. The maximum atomic E-state index is 14.3. The number of carboxylic acids is 1. The van der Waals surface area contributed by atoms with Gasteiger partial charge in [-0.15, -0.1) is 0 Å². The number of aromatic nitrogens is 2. The molecule has 2 amide bonds. The van der Waals surface area contributed by atoms with E-state index >= 15 is 0 Å². The highest BCUT2D eigenvalue weighted by Crippen LogP contribution is 2.37. The Labute approximate surface area is 513 Å². The number of carboxylic acid groups (broad SMARTS) is 1. The molecule has 6 aromatic carbocycles. The first kappa shape index (κ1) is 71.1. The molecule has 0 aliphatic rings. The SMILES string of the molecule is O=C(NN(Cc1ccc(-c2cc(Cl)ccc2F)cc1)C[C@@H](O)C(=O)O)c1cc(-c2ccccc2F)no1.O=C(NN(Cc1ccc(-c2cc(Cl)ccc2F)cc1)C[C@@H](O)C(=O)OCC(F)(F)C(F)(F)F)c1cc(-c2ccccc2F)no1.OCC(F)(F)C(F)(F)F. The molecule has 0 aliphatic heterocycles. The van der Waals surface area contributed by atoms with E-state index < -0.39 is 115 Å². The van der Waals surface area contributed by atoms with Crippen LogP contribution in [0.2, 0.25) is 10.0 Å². The summed E-state index contributed by atoms with van der Waals surface area (Å²) in [6.45, 7) is -6.20. The second kappa shape index (κ2) is 30.7. The molecule has 0 spiro atoms. The van der Waals surface area contributed by atoms with Crippen LogP contribution < -0.4 is 10.9 Å². The van der Waals surface area contributed by atoms with Crippen molar-refractivity contribution >= 4 is 47.0 Å². The number of carbonyl (C=O) groups is 4. The molecule has 0 fully saturated rings. The molecule has 91 heavy (non-hydrogen) atoms. The third-order valence-corrected chi connectivity index (χ3v) is 12.7. The van der Waals surface area contributed by atoms with Gasteiger partial charge < -0.3 is 34.2 Å². The molecule has 2 atom stereocenters. The highest BCUT2D eigenvalue weighted by Gasteiger charge is 2.59. The predicted molar refractivity (Wildman–Crippen MR) is 293 cm³/mol. The Hall–Kier alpha value is -8.98. The van der Waals surface area contributed by atoms with Crippen molar-refractivity contribution in [3.63, 3.8) is 0 Å². The van der Waals surface area contributed by atoms with Crippen LogP contribution in [0, 0.1) is 23.3 Å². The summed E-state index contributed by atoms with van der Waals surface area (Å²) in [5.41, 5.74) is 7.49. The standard InChI is InChI=1S/C29H21ClF7N3O5.C26H20ClF2N3O5.C3H3F5O/c30-18-9-10-22(32)20(11-18)17-7-5-16(6-8-17)13-40(14-24(41)27(43)44-15-28(33,34)29(35,36)37)38-26(42)25-12-23(39-45-25)19-3-1-2-4-21(19)31;27-17-9-10-21(29)19(11-17)16-7-5-15(6-8-16)13-32(14-23(33)26(35)36)30-25(34)24-12-22(31-37-24)18-3-1-2-4-20(18)28;4-2(5,1-9)3(6,7)8/h1-12,24,41H,13-15H2,(H,38,42);1-12,23,33H,13-14H2,(H,30,34)(H,35,36);9H,1H2/t24-;23-;/m11./s1. The molecule has 2 heterocycles. The summed E-state index contributed by atoms with van der Waals surface area (Å²) in [4.78, 5) is 49.0. The molecule has 8 aromatic rings. The molecule has 17 nitrogen and oxygen atoms in total. The highest BCUT2D eigenvalue weighted by atomic mass is 35.5. The van der Waals surface area contributed by atoms with Gasteiger partial charge in [-0.25, -0.2) is 37.2 Å². The van der Waals surface area contributed by atoms with Crippen LogP contribution in [-0.4, -0.2) is 127 Å². The van der Waals surface area contributed by atoms with Crippen molar-refractivity contribution in [2.75, 3.05) is 26.3 Å². The maximum absolute atomic E-state index is 14.3. The van der Waals surface area contributed by atoms with Gasteiger partial charge in [0.2, 0.25) is 11.5 Å². The van der Waals surface area contributed by atoms with Crippen LogP contribution in [0.1, 0.15) is 32.2 Å². The van der Waals surface area contributed by atoms with E-state index in [-0.39, 0.29) is 52.0 Å². The number of hydrogen-bond acceptors (Lipinski definition) is 14. The quantitative estimate of drug-likeness (QED) is 0.0223. The van der Waals surface area contributed by atoms with Crippen molar-refractivity contribution in [2.24, 2.45) is 0 Å². The van der Waals surface area contributed by atoms with Gasteiger partial charge in [0.25, 0.3) is 0 Å². The summed E-state index contributed by atoms with van der Waals surface area (Å²) in [7, 11) is 0. The van der Waals surface area contributed by atoms with E-state index in [0.29, 0.717) is 32.8 Å². The molecular formula is C58H44Cl2F14N6O11. The second-order valence-electron chi connectivity index (χ2n) is 18.9. The Bertz CT molecular complexity index is 3800. The topological polar surface area (TPSA) is 241 Å². The summed E-state index contributed by atoms with van der Waals surface area (Å²) >= 11 is 11.9. The zero-order valence-corrected chi connectivity index (χ0v) is 47.2. The van der Waals surface area contributed by atoms with Gasteiger partial charge in [-0.2, -0.15) is 43.9 Å². The van der Waals surface area contributed by atoms with Crippen LogP contribution >= 0.6 is 23.2 Å². The van der Waals surface area contributed by atoms with Gasteiger partial charge in [0.05, 0.1) is 13.1 Å². The number of alkyl halides is 10. The Balaban J connectivity index is 0.000000258. The van der Waals surface area contributed by atoms with E-state index in [0.717, 1.165) is 17.1 Å². The lowest BCUT2D eigenvalue weighted by Crippen LogP contribution is -2.48. The summed E-state index contributed by atoms with van der Waals surface area (Å²) in [6, 6.07) is 34.4. The normalized spacial score (nSPS) is 12.5. The van der Waals surface area contributed by atoms with Gasteiger partial charge >= 0.3 is 48.0 Å². The number of halogens is 16. The Morgan fingerprint density at radius 1 is 0.516 bits per heavy atom. The first-order chi connectivity index (χ1) is 42.7. The fourth-order valence-electron chi connectivity index (χ4n) is 7.51. The van der Waals surface area contributed by atoms with E-state index in [1.807, 2.05) is 0 Å². The summed E-state index contributed by atoms with van der Waals surface area (Å²) in [5.74, 6) is -18.3. The zero-order chi connectivity index (χ0) is 67.2. The number of hydrogen-bond donors (Lipinski definition) is 6. The van der Waals surface area contributed by atoms with Crippen molar-refractivity contribution in [2.45, 2.75) is 49.5 Å². The minimum absolute atomic E-state index is 0.0112. The molecule has 0 aliphatic carbocycles. The van der Waals surface area contributed by atoms with E-state index in [9.17, 15) is 90.9 Å². The smallest absolute Gasteiger partial charge is 0.456 e. The molecule has 0 saturated carbocycles. The Kier molecular flexibility index (Phi) is 24.0. The van der Waals surface area contributed by atoms with E-state index in [1.54, 1.807) is 30.3 Å². The lowest BCUT2D eigenvalue weighted by molar-refractivity contribution is -0.294. The van der Waals surface area contributed by atoms with Gasteiger partial charge in [-0.3, -0.25) is 20.4 Å². The lowest BCUT2D eigenvalue weighted by Gasteiger charge is -2.25. The number of hydrazine groups is 2. The van der Waals surface area contributed by atoms with Crippen LogP contribution in [0.5, 0.6) is 0 Å². The fourth-order valence-corrected chi connectivity index (χ4v) is 7.85. The minimum atomic E-state index is -6.00. The van der Waals surface area contributed by atoms with Gasteiger partial charge in [-0.1, -0.05) is 106 Å². The highest BCUT2D eigenvalue weighted by molar-refractivity contribution is 6.31. The Morgan fingerprint density at radius 2 is 0.890 bits per heavy atom. The number of rotatable bonds is 21. The van der Waals surface area contributed by atoms with Crippen LogP contribution in [0.25, 0.3) is 44.8 Å². The molecule has 0 saturated heterocycles. The molecule has 0 unspecified atom stereocenters. The van der Waals surface area contributed by atoms with Gasteiger partial charge in [0, 0.05) is 57.5 Å². The molecule has 6 N–H and O–H groups in total. The van der Waals surface area contributed by atoms with E-state index in [2.05, 4.69) is 25.9 Å². The number of carbonyl (C=O) groups excluding carboxylic acids is 3. The number of nitrogens with zero attached hydrogens (tertiary/aromatic N) is 4. The third-order valence-electron chi connectivity index (χ3n) is 12.2. The summed E-state index contributed by atoms with van der Waals surface area (Å²) in [5, 5.41) is 46.8. The minimum Gasteiger partial charge on any atom is -0.479 e. The monoisotopic (exact) mass is 1340 g/mol. The van der Waals surface area contributed by atoms with Crippen molar-refractivity contribution in [3.8, 4) is 44.8 Å². The number of amides is 2. The Morgan fingerprint density at radius 3 is 1.24 bits per heavy atom. The molecule has 0 bridgehead atoms. The molecule has 2 aromatic heterocycles. The molecular weight excluding hydrogens is 1290 g/mol. The van der Waals surface area contributed by atoms with Crippen molar-refractivity contribution in [1.82, 2.24) is 31.2 Å². The maximum Gasteiger partial charge on any atom is 0.456 e. The first-order valence-electron chi connectivity index (χ1n) is 25.6. The number of esters is 1. The number of aliphatic hydroxyl groups excluding tert-OH is 3. The summed E-state index contributed by atoms with van der Waals surface area (Å²) < 4.78 is 190. The zero-order valence-electron chi connectivity index (χ0n) is 45.7. The van der Waals surface area contributed by atoms with Crippen LogP contribution in [0.3, 0.4) is 0 Å². The van der Waals surface area contributed by atoms with Crippen molar-refractivity contribution < 1.29 is 115 Å². The van der Waals surface area contributed by atoms with Crippen molar-refractivity contribution in [1.29, 1.82) is 0 Å². The summed E-state index contributed by atoms with van der Waals surface area (Å²) in [6.07, 6.45) is -15.7. The van der Waals surface area contributed by atoms with Crippen LogP contribution in [-0.2, 0) is 27.4 Å². The average molecular weight is 1340 g/mol. The third kappa shape index (κ3) is 19.8. The number of ether oxygens (including phenoxy) is 1. The molecule has 8 rings (SSSR count). The number of aliphatic hydroxyl groups is 3. The van der Waals surface area contributed by atoms with Crippen molar-refractivity contribution in [3.05, 3.63) is 202 Å². The largest absolute Gasteiger partial charge is 0.479 e. The lowest BCUT2D eigenvalue weighted by atomic mass is 10.0. The van der Waals surface area contributed by atoms with Crippen LogP contribution in [0.4, 0.5) is 61.5 Å². The molecule has 33 heteroatoms. The first-order valence-corrected chi connectivity index (χ1v) is 26.3. The van der Waals surface area contributed by atoms with Gasteiger partial charge in [0.15, 0.2) is 18.8 Å². The predicted octanol–water partition coefficient (Wildman–Crippen LogP) is 11.9. The van der Waals surface area contributed by atoms with Gasteiger partial charge in [0.1, 0.15) is 41.3 Å². The van der Waals surface area contributed by atoms with E-state index in [1.165, 1.54) is 108 Å². The fraction of sp³-hybridized carbons (Fsp3) is 0.207. The number of benzene rings is 6. The molecule has 0 radical (unpaired) electrons. The van der Waals surface area contributed by atoms with Gasteiger partial charge in [-0.05, 0) is 82.9 Å². The van der Waals surface area contributed by atoms with Crippen LogP contribution in [0.15, 0.2) is 155 Å². The molecule has 484 valence electrons. The number of aliphatic carboxylic acids is 1.